The molecule has 1 aromatic carbocycles. The molecule has 1 aromatic heterocycles. The molecule has 2 aromatic rings. The van der Waals surface area contributed by atoms with Crippen molar-refractivity contribution < 1.29 is 4.74 Å². The molecule has 106 valence electrons. The molecule has 0 spiro atoms. The van der Waals surface area contributed by atoms with Crippen molar-refractivity contribution in [2.45, 2.75) is 38.3 Å². The van der Waals surface area contributed by atoms with Crippen LogP contribution in [0, 0.1) is 0 Å². The molecule has 2 unspecified atom stereocenters. The van der Waals surface area contributed by atoms with E-state index in [9.17, 15) is 0 Å². The third kappa shape index (κ3) is 2.80. The summed E-state index contributed by atoms with van der Waals surface area (Å²) in [6.07, 6.45) is 3.03. The minimum Gasteiger partial charge on any atom is -0.372 e. The minimum absolute atomic E-state index is 0.0276. The van der Waals surface area contributed by atoms with Crippen LogP contribution in [0.15, 0.2) is 36.4 Å². The summed E-state index contributed by atoms with van der Waals surface area (Å²) >= 11 is 1.87. The van der Waals surface area contributed by atoms with Gasteiger partial charge in [-0.3, -0.25) is 0 Å². The lowest BCUT2D eigenvalue weighted by atomic mass is 9.92. The third-order valence-corrected chi connectivity index (χ3v) is 5.17. The van der Waals surface area contributed by atoms with Gasteiger partial charge in [-0.05, 0) is 42.5 Å². The van der Waals surface area contributed by atoms with Gasteiger partial charge >= 0.3 is 0 Å². The van der Waals surface area contributed by atoms with E-state index in [1.54, 1.807) is 0 Å². The number of ether oxygens (including phenoxy) is 1. The quantitative estimate of drug-likeness (QED) is 0.934. The number of benzene rings is 1. The van der Waals surface area contributed by atoms with Gasteiger partial charge in [0, 0.05) is 15.8 Å². The van der Waals surface area contributed by atoms with E-state index in [4.69, 9.17) is 10.5 Å². The van der Waals surface area contributed by atoms with Crippen LogP contribution in [-0.2, 0) is 24.0 Å². The predicted octanol–water partition coefficient (Wildman–Crippen LogP) is 3.49. The molecule has 1 aliphatic heterocycles. The van der Waals surface area contributed by atoms with E-state index in [2.05, 4.69) is 43.3 Å². The first-order valence-electron chi connectivity index (χ1n) is 7.30. The van der Waals surface area contributed by atoms with Crippen molar-refractivity contribution in [2.24, 2.45) is 5.73 Å². The Kier molecular flexibility index (Phi) is 4.20. The Bertz CT molecular complexity index is 578. The van der Waals surface area contributed by atoms with Gasteiger partial charge in [-0.1, -0.05) is 31.2 Å². The molecule has 0 aliphatic carbocycles. The molecule has 2 atom stereocenters. The summed E-state index contributed by atoms with van der Waals surface area (Å²) in [7, 11) is 0. The first-order chi connectivity index (χ1) is 9.78. The number of hydrogen-bond donors (Lipinski definition) is 1. The average molecular weight is 287 g/mol. The molecular formula is C17H21NOS. The van der Waals surface area contributed by atoms with Crippen molar-refractivity contribution in [3.05, 3.63) is 57.3 Å². The standard InChI is InChI=1S/C17H21NOS/c1-2-13-7-8-14(20-13)11-16(18)17-15-6-4-3-5-12(15)9-10-19-17/h3-8,16-17H,2,9-11,18H2,1H3. The van der Waals surface area contributed by atoms with Crippen LogP contribution in [0.25, 0.3) is 0 Å². The highest BCUT2D eigenvalue weighted by atomic mass is 32.1. The molecule has 0 bridgehead atoms. The van der Waals surface area contributed by atoms with E-state index in [1.165, 1.54) is 20.9 Å². The summed E-state index contributed by atoms with van der Waals surface area (Å²) in [5.41, 5.74) is 9.09. The van der Waals surface area contributed by atoms with Crippen molar-refractivity contribution in [3.63, 3.8) is 0 Å². The molecule has 2 N–H and O–H groups in total. The Balaban J connectivity index is 1.76. The second-order valence-corrected chi connectivity index (χ2v) is 6.58. The van der Waals surface area contributed by atoms with Crippen molar-refractivity contribution in [3.8, 4) is 0 Å². The zero-order valence-corrected chi connectivity index (χ0v) is 12.7. The molecule has 0 saturated heterocycles. The first kappa shape index (κ1) is 13.8. The van der Waals surface area contributed by atoms with Crippen molar-refractivity contribution >= 4 is 11.3 Å². The van der Waals surface area contributed by atoms with Crippen molar-refractivity contribution in [1.29, 1.82) is 0 Å². The molecular weight excluding hydrogens is 266 g/mol. The molecule has 3 rings (SSSR count). The van der Waals surface area contributed by atoms with E-state index in [0.29, 0.717) is 0 Å². The Morgan fingerprint density at radius 2 is 2.05 bits per heavy atom. The van der Waals surface area contributed by atoms with Crippen molar-refractivity contribution in [2.75, 3.05) is 6.61 Å². The number of hydrogen-bond acceptors (Lipinski definition) is 3. The minimum atomic E-state index is 0.0276. The first-order valence-corrected chi connectivity index (χ1v) is 8.12. The summed E-state index contributed by atoms with van der Waals surface area (Å²) in [4.78, 5) is 2.79. The third-order valence-electron chi connectivity index (χ3n) is 3.92. The van der Waals surface area contributed by atoms with E-state index in [-0.39, 0.29) is 12.1 Å². The SMILES string of the molecule is CCc1ccc(CC(N)C2OCCc3ccccc32)s1. The van der Waals surface area contributed by atoms with Gasteiger partial charge in [0.2, 0.25) is 0 Å². The summed E-state index contributed by atoms with van der Waals surface area (Å²) in [5.74, 6) is 0. The lowest BCUT2D eigenvalue weighted by Crippen LogP contribution is -2.35. The lowest BCUT2D eigenvalue weighted by molar-refractivity contribution is 0.0248. The highest BCUT2D eigenvalue weighted by Gasteiger charge is 2.26. The average Bonchev–Trinajstić information content (AvgIpc) is 2.94. The molecule has 2 nitrogen and oxygen atoms in total. The lowest BCUT2D eigenvalue weighted by Gasteiger charge is -2.30. The number of nitrogens with two attached hydrogens (primary N) is 1. The van der Waals surface area contributed by atoms with Gasteiger partial charge in [-0.15, -0.1) is 11.3 Å². The number of aryl methyl sites for hydroxylation is 1. The molecule has 20 heavy (non-hydrogen) atoms. The van der Waals surface area contributed by atoms with Crippen LogP contribution >= 0.6 is 11.3 Å². The van der Waals surface area contributed by atoms with Crippen LogP contribution in [0.4, 0.5) is 0 Å². The highest BCUT2D eigenvalue weighted by Crippen LogP contribution is 2.31. The fourth-order valence-corrected chi connectivity index (χ4v) is 3.87. The van der Waals surface area contributed by atoms with E-state index >= 15 is 0 Å². The zero-order valence-electron chi connectivity index (χ0n) is 11.8. The number of rotatable bonds is 4. The van der Waals surface area contributed by atoms with Crippen LogP contribution in [0.1, 0.15) is 33.9 Å². The van der Waals surface area contributed by atoms with Crippen molar-refractivity contribution in [1.82, 2.24) is 0 Å². The highest BCUT2D eigenvalue weighted by molar-refractivity contribution is 7.11. The molecule has 1 aliphatic rings. The van der Waals surface area contributed by atoms with Crippen LogP contribution in [0.5, 0.6) is 0 Å². The van der Waals surface area contributed by atoms with E-state index in [1.807, 2.05) is 11.3 Å². The summed E-state index contributed by atoms with van der Waals surface area (Å²) in [6.45, 7) is 2.97. The Labute approximate surface area is 124 Å². The van der Waals surface area contributed by atoms with Gasteiger partial charge in [0.05, 0.1) is 12.7 Å². The van der Waals surface area contributed by atoms with Gasteiger partial charge < -0.3 is 10.5 Å². The van der Waals surface area contributed by atoms with Crippen LogP contribution in [0.3, 0.4) is 0 Å². The monoisotopic (exact) mass is 287 g/mol. The Morgan fingerprint density at radius 1 is 1.25 bits per heavy atom. The molecule has 0 radical (unpaired) electrons. The second-order valence-electron chi connectivity index (χ2n) is 5.33. The van der Waals surface area contributed by atoms with Crippen LogP contribution in [0.2, 0.25) is 0 Å². The van der Waals surface area contributed by atoms with Gasteiger partial charge in [0.25, 0.3) is 0 Å². The van der Waals surface area contributed by atoms with Gasteiger partial charge in [0.15, 0.2) is 0 Å². The van der Waals surface area contributed by atoms with Gasteiger partial charge in [-0.2, -0.15) is 0 Å². The normalized spacial score (nSPS) is 19.6. The molecule has 0 fully saturated rings. The molecule has 0 saturated carbocycles. The Hall–Kier alpha value is -1.16. The Morgan fingerprint density at radius 3 is 2.85 bits per heavy atom. The smallest absolute Gasteiger partial charge is 0.0982 e. The van der Waals surface area contributed by atoms with Gasteiger partial charge in [0.1, 0.15) is 0 Å². The van der Waals surface area contributed by atoms with Gasteiger partial charge in [-0.25, -0.2) is 0 Å². The maximum Gasteiger partial charge on any atom is 0.0982 e. The molecule has 2 heterocycles. The number of thiophene rings is 1. The van der Waals surface area contributed by atoms with E-state index in [0.717, 1.165) is 25.9 Å². The predicted molar refractivity (Wildman–Crippen MR) is 84.2 cm³/mol. The molecule has 3 heteroatoms. The summed E-state index contributed by atoms with van der Waals surface area (Å²) in [6, 6.07) is 13.0. The summed E-state index contributed by atoms with van der Waals surface area (Å²) < 4.78 is 5.95. The maximum atomic E-state index is 6.43. The fraction of sp³-hybridized carbons (Fsp3) is 0.412. The summed E-state index contributed by atoms with van der Waals surface area (Å²) in [5, 5.41) is 0. The fourth-order valence-electron chi connectivity index (χ4n) is 2.84. The van der Waals surface area contributed by atoms with Crippen LogP contribution in [-0.4, -0.2) is 12.6 Å². The van der Waals surface area contributed by atoms with E-state index < -0.39 is 0 Å². The zero-order chi connectivity index (χ0) is 13.9. The maximum absolute atomic E-state index is 6.43. The largest absolute Gasteiger partial charge is 0.372 e. The van der Waals surface area contributed by atoms with Crippen LogP contribution < -0.4 is 5.73 Å². The number of fused-ring (bicyclic) bond motifs is 1. The topological polar surface area (TPSA) is 35.2 Å². The molecule has 0 amide bonds. The second kappa shape index (κ2) is 6.08.